The molecule has 0 aromatic heterocycles. The van der Waals surface area contributed by atoms with Crippen LogP contribution >= 0.6 is 47.2 Å². The number of amides is 1. The van der Waals surface area contributed by atoms with Gasteiger partial charge in [-0.1, -0.05) is 71.4 Å². The maximum absolute atomic E-state index is 11.7. The molecule has 0 saturated carbocycles. The monoisotopic (exact) mass is 365 g/mol. The van der Waals surface area contributed by atoms with Gasteiger partial charge in [-0.2, -0.15) is 0 Å². The van der Waals surface area contributed by atoms with Gasteiger partial charge in [-0.15, -0.1) is 0 Å². The van der Waals surface area contributed by atoms with E-state index in [9.17, 15) is 4.79 Å². The normalized spacial score (nSPS) is 16.2. The molecule has 1 aliphatic heterocycles. The molecule has 2 aromatic carbocycles. The highest BCUT2D eigenvalue weighted by Crippen LogP contribution is 2.30. The van der Waals surface area contributed by atoms with Crippen molar-refractivity contribution in [2.24, 2.45) is 0 Å². The van der Waals surface area contributed by atoms with Crippen LogP contribution in [0.5, 0.6) is 0 Å². The van der Waals surface area contributed by atoms with E-state index >= 15 is 0 Å². The molecule has 0 spiro atoms. The van der Waals surface area contributed by atoms with Gasteiger partial charge in [-0.25, -0.2) is 0 Å². The minimum atomic E-state index is -0.157. The molecular formula is C16H9Cl2NOS2. The van der Waals surface area contributed by atoms with Gasteiger partial charge in [0.05, 0.1) is 15.0 Å². The van der Waals surface area contributed by atoms with Crippen LogP contribution in [0.1, 0.15) is 5.56 Å². The third-order valence-electron chi connectivity index (χ3n) is 3.08. The molecular weight excluding hydrogens is 357 g/mol. The molecule has 0 aliphatic carbocycles. The highest BCUT2D eigenvalue weighted by molar-refractivity contribution is 8.26. The maximum atomic E-state index is 11.7. The van der Waals surface area contributed by atoms with Gasteiger partial charge in [-0.3, -0.25) is 4.79 Å². The van der Waals surface area contributed by atoms with E-state index in [4.69, 9.17) is 35.4 Å². The van der Waals surface area contributed by atoms with Crippen LogP contribution in [0.2, 0.25) is 10.0 Å². The second-order valence-corrected chi connectivity index (χ2v) is 7.14. The fraction of sp³-hybridized carbons (Fsp3) is 0. The van der Waals surface area contributed by atoms with E-state index in [1.807, 2.05) is 42.5 Å². The zero-order valence-electron chi connectivity index (χ0n) is 11.1. The second kappa shape index (κ2) is 6.42. The van der Waals surface area contributed by atoms with Crippen molar-refractivity contribution >= 4 is 63.5 Å². The molecule has 0 unspecified atom stereocenters. The summed E-state index contributed by atoms with van der Waals surface area (Å²) in [7, 11) is 0. The Morgan fingerprint density at radius 2 is 1.82 bits per heavy atom. The van der Waals surface area contributed by atoms with E-state index in [1.165, 1.54) is 11.8 Å². The van der Waals surface area contributed by atoms with Gasteiger partial charge in [-0.05, 0) is 41.0 Å². The van der Waals surface area contributed by atoms with Crippen LogP contribution < -0.4 is 5.32 Å². The molecule has 0 atom stereocenters. The minimum Gasteiger partial charge on any atom is -0.307 e. The first-order valence-electron chi connectivity index (χ1n) is 6.33. The molecule has 2 nitrogen and oxygen atoms in total. The molecule has 1 heterocycles. The molecule has 2 aromatic rings. The van der Waals surface area contributed by atoms with Crippen molar-refractivity contribution in [3.63, 3.8) is 0 Å². The average molecular weight is 366 g/mol. The predicted molar refractivity (Wildman–Crippen MR) is 98.2 cm³/mol. The Labute approximate surface area is 147 Å². The number of thioether (sulfide) groups is 1. The van der Waals surface area contributed by atoms with Gasteiger partial charge < -0.3 is 5.32 Å². The Morgan fingerprint density at radius 1 is 1.05 bits per heavy atom. The summed E-state index contributed by atoms with van der Waals surface area (Å²) in [6.45, 7) is 0. The van der Waals surface area contributed by atoms with Crippen LogP contribution in [0, 0.1) is 0 Å². The Hall–Kier alpha value is -1.33. The number of carbonyl (C=O) groups is 1. The first kappa shape index (κ1) is 15.6. The Bertz CT molecular complexity index is 818. The van der Waals surface area contributed by atoms with Crippen molar-refractivity contribution in [1.29, 1.82) is 0 Å². The SMILES string of the molecule is O=C1NC(=S)S/C1=C\c1cccc(-c2ccc(Cl)c(Cl)c2)c1. The fourth-order valence-electron chi connectivity index (χ4n) is 2.06. The van der Waals surface area contributed by atoms with Crippen LogP contribution in [0.3, 0.4) is 0 Å². The lowest BCUT2D eigenvalue weighted by molar-refractivity contribution is -0.115. The Balaban J connectivity index is 1.96. The number of hydrogen-bond donors (Lipinski definition) is 1. The highest BCUT2D eigenvalue weighted by Gasteiger charge is 2.21. The maximum Gasteiger partial charge on any atom is 0.263 e. The second-order valence-electron chi connectivity index (χ2n) is 4.61. The average Bonchev–Trinajstić information content (AvgIpc) is 2.80. The number of nitrogens with one attached hydrogen (secondary N) is 1. The van der Waals surface area contributed by atoms with Crippen molar-refractivity contribution in [2.45, 2.75) is 0 Å². The first-order valence-corrected chi connectivity index (χ1v) is 8.31. The van der Waals surface area contributed by atoms with Gasteiger partial charge >= 0.3 is 0 Å². The Kier molecular flexibility index (Phi) is 4.54. The summed E-state index contributed by atoms with van der Waals surface area (Å²) in [6.07, 6.45) is 1.82. The van der Waals surface area contributed by atoms with Gasteiger partial charge in [0, 0.05) is 0 Å². The van der Waals surface area contributed by atoms with Crippen LogP contribution in [0.4, 0.5) is 0 Å². The lowest BCUT2D eigenvalue weighted by atomic mass is 10.0. The smallest absolute Gasteiger partial charge is 0.263 e. The van der Waals surface area contributed by atoms with Gasteiger partial charge in [0.1, 0.15) is 4.32 Å². The minimum absolute atomic E-state index is 0.157. The molecule has 110 valence electrons. The largest absolute Gasteiger partial charge is 0.307 e. The molecule has 1 N–H and O–H groups in total. The number of carbonyl (C=O) groups excluding carboxylic acids is 1. The van der Waals surface area contributed by atoms with Crippen molar-refractivity contribution in [2.75, 3.05) is 0 Å². The summed E-state index contributed by atoms with van der Waals surface area (Å²) >= 11 is 18.3. The zero-order chi connectivity index (χ0) is 15.7. The van der Waals surface area contributed by atoms with Crippen molar-refractivity contribution in [3.05, 3.63) is 63.0 Å². The zero-order valence-corrected chi connectivity index (χ0v) is 14.2. The molecule has 3 rings (SSSR count). The summed E-state index contributed by atoms with van der Waals surface area (Å²) < 4.78 is 0.483. The quantitative estimate of drug-likeness (QED) is 0.589. The van der Waals surface area contributed by atoms with Crippen LogP contribution in [-0.2, 0) is 4.79 Å². The number of thiocarbonyl (C=S) groups is 1. The molecule has 6 heteroatoms. The summed E-state index contributed by atoms with van der Waals surface area (Å²) in [6, 6.07) is 13.3. The van der Waals surface area contributed by atoms with Crippen molar-refractivity contribution in [3.8, 4) is 11.1 Å². The molecule has 0 bridgehead atoms. The predicted octanol–water partition coefficient (Wildman–Crippen LogP) is 5.15. The van der Waals surface area contributed by atoms with E-state index in [1.54, 1.807) is 6.07 Å². The lowest BCUT2D eigenvalue weighted by Crippen LogP contribution is -2.17. The van der Waals surface area contributed by atoms with Gasteiger partial charge in [0.25, 0.3) is 5.91 Å². The van der Waals surface area contributed by atoms with Crippen LogP contribution in [0.15, 0.2) is 47.4 Å². The molecule has 1 saturated heterocycles. The number of hydrogen-bond acceptors (Lipinski definition) is 3. The summed E-state index contributed by atoms with van der Waals surface area (Å²) in [5.74, 6) is -0.157. The lowest BCUT2D eigenvalue weighted by Gasteiger charge is -2.05. The molecule has 0 radical (unpaired) electrons. The molecule has 1 fully saturated rings. The molecule has 22 heavy (non-hydrogen) atoms. The number of rotatable bonds is 2. The van der Waals surface area contributed by atoms with E-state index in [0.29, 0.717) is 19.3 Å². The standard InChI is InChI=1S/C16H9Cl2NOS2/c17-12-5-4-11(8-13(12)18)10-3-1-2-9(6-10)7-14-15(20)19-16(21)22-14/h1-8H,(H,19,20,21)/b14-7-. The third kappa shape index (κ3) is 3.36. The van der Waals surface area contributed by atoms with E-state index < -0.39 is 0 Å². The van der Waals surface area contributed by atoms with Gasteiger partial charge in [0.2, 0.25) is 0 Å². The van der Waals surface area contributed by atoms with Gasteiger partial charge in [0.15, 0.2) is 0 Å². The van der Waals surface area contributed by atoms with E-state index in [2.05, 4.69) is 5.32 Å². The number of benzene rings is 2. The van der Waals surface area contributed by atoms with E-state index in [0.717, 1.165) is 16.7 Å². The highest BCUT2D eigenvalue weighted by atomic mass is 35.5. The summed E-state index contributed by atoms with van der Waals surface area (Å²) in [5, 5.41) is 3.64. The van der Waals surface area contributed by atoms with Crippen molar-refractivity contribution in [1.82, 2.24) is 5.32 Å². The molecule has 1 amide bonds. The fourth-order valence-corrected chi connectivity index (χ4v) is 3.40. The van der Waals surface area contributed by atoms with E-state index in [-0.39, 0.29) is 5.91 Å². The first-order chi connectivity index (χ1) is 10.5. The van der Waals surface area contributed by atoms with Crippen LogP contribution in [0.25, 0.3) is 17.2 Å². The Morgan fingerprint density at radius 3 is 2.50 bits per heavy atom. The molecule has 1 aliphatic rings. The third-order valence-corrected chi connectivity index (χ3v) is 4.98. The summed E-state index contributed by atoms with van der Waals surface area (Å²) in [4.78, 5) is 12.3. The summed E-state index contributed by atoms with van der Waals surface area (Å²) in [5.41, 5.74) is 2.89. The number of halogens is 2. The van der Waals surface area contributed by atoms with Crippen molar-refractivity contribution < 1.29 is 4.79 Å². The topological polar surface area (TPSA) is 29.1 Å². The van der Waals surface area contributed by atoms with Crippen LogP contribution in [-0.4, -0.2) is 10.2 Å².